The summed E-state index contributed by atoms with van der Waals surface area (Å²) in [5, 5.41) is 19.1. The standard InChI is InChI=1S/C14H15NO6/c1-20-13(16)7-4-10-3-6-12(15(18)19)11(9-10)5-8-14(17)21-2/h3-9,15,18H,1-2H3. The molecule has 21 heavy (non-hydrogen) atoms. The van der Waals surface area contributed by atoms with Crippen LogP contribution in [0.1, 0.15) is 11.1 Å². The van der Waals surface area contributed by atoms with Gasteiger partial charge >= 0.3 is 11.9 Å². The lowest BCUT2D eigenvalue weighted by Crippen LogP contribution is -2.99. The highest BCUT2D eigenvalue weighted by Gasteiger charge is 2.08. The van der Waals surface area contributed by atoms with Gasteiger partial charge in [-0.1, -0.05) is 0 Å². The van der Waals surface area contributed by atoms with Crippen LogP contribution >= 0.6 is 0 Å². The Kier molecular flexibility index (Phi) is 6.28. The molecule has 1 aromatic carbocycles. The third-order valence-electron chi connectivity index (χ3n) is 2.52. The van der Waals surface area contributed by atoms with Crippen molar-refractivity contribution in [2.75, 3.05) is 14.2 Å². The maximum atomic E-state index is 11.1. The minimum Gasteiger partial charge on any atom is -0.595 e. The second kappa shape index (κ2) is 7.95. The summed E-state index contributed by atoms with van der Waals surface area (Å²) in [5.74, 6) is -1.12. The summed E-state index contributed by atoms with van der Waals surface area (Å²) in [5.41, 5.74) is 0.945. The number of esters is 2. The topological polar surface area (TPSA) is 100 Å². The molecule has 0 saturated heterocycles. The van der Waals surface area contributed by atoms with E-state index in [4.69, 9.17) is 5.21 Å². The predicted molar refractivity (Wildman–Crippen MR) is 74.3 cm³/mol. The molecule has 0 saturated carbocycles. The van der Waals surface area contributed by atoms with E-state index in [-0.39, 0.29) is 5.69 Å². The lowest BCUT2D eigenvalue weighted by molar-refractivity contribution is -0.991. The zero-order valence-electron chi connectivity index (χ0n) is 11.5. The van der Waals surface area contributed by atoms with E-state index in [2.05, 4.69) is 9.47 Å². The maximum absolute atomic E-state index is 11.1. The van der Waals surface area contributed by atoms with Gasteiger partial charge in [-0.3, -0.25) is 0 Å². The lowest BCUT2D eigenvalue weighted by Gasteiger charge is -2.14. The molecule has 7 heteroatoms. The molecule has 1 aromatic rings. The second-order valence-corrected chi connectivity index (χ2v) is 3.86. The average molecular weight is 293 g/mol. The number of rotatable bonds is 5. The van der Waals surface area contributed by atoms with Gasteiger partial charge in [-0.25, -0.2) is 14.8 Å². The average Bonchev–Trinajstić information content (AvgIpc) is 2.49. The Morgan fingerprint density at radius 2 is 1.71 bits per heavy atom. The highest BCUT2D eigenvalue weighted by Crippen LogP contribution is 2.17. The first-order valence-electron chi connectivity index (χ1n) is 5.87. The third kappa shape index (κ3) is 5.19. The largest absolute Gasteiger partial charge is 0.595 e. The lowest BCUT2D eigenvalue weighted by atomic mass is 10.1. The molecule has 0 aliphatic heterocycles. The Bertz CT molecular complexity index is 577. The van der Waals surface area contributed by atoms with E-state index < -0.39 is 17.2 Å². The Balaban J connectivity index is 3.12. The van der Waals surface area contributed by atoms with Crippen LogP contribution in [-0.4, -0.2) is 31.4 Å². The van der Waals surface area contributed by atoms with Gasteiger partial charge in [0.05, 0.1) is 14.2 Å². The van der Waals surface area contributed by atoms with E-state index in [1.165, 1.54) is 44.6 Å². The van der Waals surface area contributed by atoms with Crippen LogP contribution in [-0.2, 0) is 19.1 Å². The molecule has 0 amide bonds. The van der Waals surface area contributed by atoms with Crippen molar-refractivity contribution in [2.45, 2.75) is 0 Å². The van der Waals surface area contributed by atoms with Gasteiger partial charge in [0.15, 0.2) is 5.69 Å². The molecular formula is C14H15NO6. The molecule has 0 fully saturated rings. The summed E-state index contributed by atoms with van der Waals surface area (Å²) < 4.78 is 8.91. The molecule has 1 unspecified atom stereocenters. The molecule has 1 atom stereocenters. The maximum Gasteiger partial charge on any atom is 0.330 e. The number of quaternary nitrogens is 1. The normalized spacial score (nSPS) is 12.6. The Hall–Kier alpha value is -2.48. The fourth-order valence-electron chi connectivity index (χ4n) is 1.48. The predicted octanol–water partition coefficient (Wildman–Crippen LogP) is 0.462. The molecule has 7 nitrogen and oxygen atoms in total. The third-order valence-corrected chi connectivity index (χ3v) is 2.52. The van der Waals surface area contributed by atoms with Crippen molar-refractivity contribution in [1.29, 1.82) is 0 Å². The van der Waals surface area contributed by atoms with E-state index in [0.717, 1.165) is 6.08 Å². The molecule has 0 aliphatic rings. The number of nitrogens with one attached hydrogen (secondary N) is 1. The van der Waals surface area contributed by atoms with Gasteiger partial charge in [-0.15, -0.1) is 0 Å². The Morgan fingerprint density at radius 3 is 2.24 bits per heavy atom. The summed E-state index contributed by atoms with van der Waals surface area (Å²) in [7, 11) is 2.48. The van der Waals surface area contributed by atoms with Crippen LogP contribution < -0.4 is 5.23 Å². The molecule has 2 N–H and O–H groups in total. The number of benzene rings is 1. The summed E-state index contributed by atoms with van der Waals surface area (Å²) in [6, 6.07) is 4.46. The van der Waals surface area contributed by atoms with Gasteiger partial charge < -0.3 is 14.7 Å². The second-order valence-electron chi connectivity index (χ2n) is 3.86. The van der Waals surface area contributed by atoms with Crippen LogP contribution in [0.5, 0.6) is 0 Å². The molecule has 0 aliphatic carbocycles. The number of hydrogen-bond donors (Lipinski definition) is 2. The summed E-state index contributed by atoms with van der Waals surface area (Å²) >= 11 is 0. The Morgan fingerprint density at radius 1 is 1.14 bits per heavy atom. The van der Waals surface area contributed by atoms with Gasteiger partial charge in [-0.2, -0.15) is 5.23 Å². The molecular weight excluding hydrogens is 278 g/mol. The first kappa shape index (κ1) is 16.6. The monoisotopic (exact) mass is 293 g/mol. The van der Waals surface area contributed by atoms with Crippen molar-refractivity contribution in [3.63, 3.8) is 0 Å². The van der Waals surface area contributed by atoms with Crippen LogP contribution in [0.3, 0.4) is 0 Å². The first-order chi connectivity index (χ1) is 9.97. The smallest absolute Gasteiger partial charge is 0.330 e. The summed E-state index contributed by atoms with van der Waals surface area (Å²) in [6.45, 7) is 0. The van der Waals surface area contributed by atoms with E-state index in [1.807, 2.05) is 0 Å². The minimum atomic E-state index is -1.12. The van der Waals surface area contributed by atoms with Crippen LogP contribution in [0.25, 0.3) is 12.2 Å². The van der Waals surface area contributed by atoms with Crippen molar-refractivity contribution in [2.24, 2.45) is 0 Å². The van der Waals surface area contributed by atoms with Crippen molar-refractivity contribution in [1.82, 2.24) is 0 Å². The van der Waals surface area contributed by atoms with Crippen molar-refractivity contribution in [3.05, 3.63) is 46.7 Å². The van der Waals surface area contributed by atoms with Crippen molar-refractivity contribution < 1.29 is 29.5 Å². The molecule has 112 valence electrons. The van der Waals surface area contributed by atoms with E-state index >= 15 is 0 Å². The zero-order chi connectivity index (χ0) is 15.8. The zero-order valence-corrected chi connectivity index (χ0v) is 11.5. The quantitative estimate of drug-likeness (QED) is 0.465. The van der Waals surface area contributed by atoms with Gasteiger partial charge in [0.2, 0.25) is 0 Å². The number of ether oxygens (including phenoxy) is 2. The number of carbonyl (C=O) groups excluding carboxylic acids is 2. The highest BCUT2D eigenvalue weighted by atomic mass is 16.8. The van der Waals surface area contributed by atoms with Crippen LogP contribution in [0.2, 0.25) is 0 Å². The molecule has 0 radical (unpaired) electrons. The van der Waals surface area contributed by atoms with Gasteiger partial charge in [-0.05, 0) is 29.8 Å². The van der Waals surface area contributed by atoms with Gasteiger partial charge in [0.25, 0.3) is 0 Å². The van der Waals surface area contributed by atoms with E-state index in [1.54, 1.807) is 6.07 Å². The van der Waals surface area contributed by atoms with E-state index in [0.29, 0.717) is 11.1 Å². The molecule has 0 bridgehead atoms. The summed E-state index contributed by atoms with van der Waals surface area (Å²) in [6.07, 6.45) is 5.15. The van der Waals surface area contributed by atoms with E-state index in [9.17, 15) is 14.8 Å². The van der Waals surface area contributed by atoms with Crippen LogP contribution in [0, 0.1) is 5.21 Å². The highest BCUT2D eigenvalue weighted by molar-refractivity contribution is 5.89. The number of methoxy groups -OCH3 is 2. The fourth-order valence-corrected chi connectivity index (χ4v) is 1.48. The first-order valence-corrected chi connectivity index (χ1v) is 5.87. The fraction of sp³-hybridized carbons (Fsp3) is 0.143. The minimum absolute atomic E-state index is 0.0328. The van der Waals surface area contributed by atoms with Crippen molar-refractivity contribution in [3.8, 4) is 0 Å². The number of carbonyl (C=O) groups is 2. The Labute approximate surface area is 121 Å². The molecule has 1 rings (SSSR count). The SMILES string of the molecule is COC(=O)C=Cc1ccc([NH+]([O-])O)c(C=CC(=O)OC)c1. The summed E-state index contributed by atoms with van der Waals surface area (Å²) in [4.78, 5) is 22.1. The van der Waals surface area contributed by atoms with Crippen molar-refractivity contribution >= 4 is 29.8 Å². The van der Waals surface area contributed by atoms with Gasteiger partial charge in [0.1, 0.15) is 0 Å². The van der Waals surface area contributed by atoms with Gasteiger partial charge in [0, 0.05) is 23.8 Å². The molecule has 0 aromatic heterocycles. The number of hydrogen-bond acceptors (Lipinski definition) is 6. The van der Waals surface area contributed by atoms with Crippen LogP contribution in [0.15, 0.2) is 30.4 Å². The molecule has 0 spiro atoms. The van der Waals surface area contributed by atoms with Crippen LogP contribution in [0.4, 0.5) is 5.69 Å². The molecule has 0 heterocycles.